The van der Waals surface area contributed by atoms with Crippen molar-refractivity contribution in [1.29, 1.82) is 0 Å². The molecule has 2 saturated heterocycles. The molecular formula is C27H33Cl2N3O4. The predicted molar refractivity (Wildman–Crippen MR) is 139 cm³/mol. The normalized spacial score (nSPS) is 33.7. The van der Waals surface area contributed by atoms with Crippen LogP contribution in [0.4, 0.5) is 5.69 Å². The topological polar surface area (TPSA) is 87.7 Å². The van der Waals surface area contributed by atoms with Crippen LogP contribution in [0.3, 0.4) is 0 Å². The van der Waals surface area contributed by atoms with Crippen molar-refractivity contribution in [2.24, 2.45) is 11.8 Å². The lowest BCUT2D eigenvalue weighted by atomic mass is 9.70. The summed E-state index contributed by atoms with van der Waals surface area (Å²) >= 11 is 12.2. The molecule has 3 heterocycles. The number of anilines is 1. The van der Waals surface area contributed by atoms with Gasteiger partial charge in [-0.25, -0.2) is 0 Å². The molecule has 1 aliphatic carbocycles. The first-order valence-corrected chi connectivity index (χ1v) is 13.4. The third-order valence-corrected chi connectivity index (χ3v) is 8.83. The summed E-state index contributed by atoms with van der Waals surface area (Å²) in [5.74, 6) is -2.46. The highest BCUT2D eigenvalue weighted by atomic mass is 35.5. The second-order valence-electron chi connectivity index (χ2n) is 11.7. The molecule has 7 nitrogen and oxygen atoms in total. The number of nitrogens with zero attached hydrogens (tertiary/aromatic N) is 1. The van der Waals surface area contributed by atoms with Crippen LogP contribution in [0.1, 0.15) is 59.8 Å². The van der Waals surface area contributed by atoms with Gasteiger partial charge >= 0.3 is 0 Å². The van der Waals surface area contributed by atoms with Gasteiger partial charge < -0.3 is 20.3 Å². The van der Waals surface area contributed by atoms with Crippen molar-refractivity contribution in [2.45, 2.75) is 88.6 Å². The van der Waals surface area contributed by atoms with E-state index in [1.54, 1.807) is 30.0 Å². The molecule has 5 atom stereocenters. The average molecular weight is 534 g/mol. The zero-order valence-electron chi connectivity index (χ0n) is 21.1. The Morgan fingerprint density at radius 1 is 1.06 bits per heavy atom. The highest BCUT2D eigenvalue weighted by Gasteiger charge is 2.77. The minimum atomic E-state index is -1.21. The fourth-order valence-electron chi connectivity index (χ4n) is 6.57. The van der Waals surface area contributed by atoms with Crippen LogP contribution < -0.4 is 10.6 Å². The van der Waals surface area contributed by atoms with E-state index in [-0.39, 0.29) is 23.8 Å². The number of halogens is 2. The van der Waals surface area contributed by atoms with Crippen LogP contribution in [0.15, 0.2) is 30.4 Å². The van der Waals surface area contributed by atoms with Gasteiger partial charge in [0.15, 0.2) is 0 Å². The number of rotatable bonds is 4. The van der Waals surface area contributed by atoms with Gasteiger partial charge in [-0.05, 0) is 58.7 Å². The van der Waals surface area contributed by atoms with Crippen LogP contribution in [-0.4, -0.2) is 51.4 Å². The molecule has 1 aromatic rings. The van der Waals surface area contributed by atoms with E-state index in [1.807, 2.05) is 32.9 Å². The molecule has 3 unspecified atom stereocenters. The van der Waals surface area contributed by atoms with E-state index in [9.17, 15) is 14.4 Å². The van der Waals surface area contributed by atoms with Gasteiger partial charge in [-0.2, -0.15) is 0 Å². The maximum atomic E-state index is 14.0. The molecule has 9 heteroatoms. The SMILES string of the molecule is CC(C)(C)N1C(=O)[C@@H]2C(C(=O)Nc3ccc(Cl)c(Cl)c3)[C@]3(C)C=CC2(O3)C1C(=O)NC1CCCCC1. The summed E-state index contributed by atoms with van der Waals surface area (Å²) in [4.78, 5) is 43.2. The number of amides is 3. The van der Waals surface area contributed by atoms with Crippen LogP contribution in [0, 0.1) is 11.8 Å². The maximum Gasteiger partial charge on any atom is 0.246 e. The Kier molecular flexibility index (Phi) is 6.21. The first-order valence-electron chi connectivity index (χ1n) is 12.7. The Labute approximate surface area is 221 Å². The van der Waals surface area contributed by atoms with Gasteiger partial charge in [0, 0.05) is 17.3 Å². The lowest BCUT2D eigenvalue weighted by Crippen LogP contribution is -2.60. The van der Waals surface area contributed by atoms with Gasteiger partial charge in [0.1, 0.15) is 11.6 Å². The molecule has 1 spiro atoms. The zero-order chi connectivity index (χ0) is 26.0. The number of ether oxygens (including phenoxy) is 1. The molecule has 3 amide bonds. The summed E-state index contributed by atoms with van der Waals surface area (Å²) in [6.45, 7) is 7.53. The molecule has 194 valence electrons. The van der Waals surface area contributed by atoms with Crippen LogP contribution in [0.25, 0.3) is 0 Å². The average Bonchev–Trinajstić information content (AvgIpc) is 3.37. The molecule has 3 aliphatic heterocycles. The quantitative estimate of drug-likeness (QED) is 0.548. The standard InChI is InChI=1S/C27H33Cl2N3O4/c1-25(2,3)32-21(23(34)30-15-8-6-5-7-9-15)27-13-12-26(4,36-27)19(20(27)24(32)35)22(33)31-16-10-11-17(28)18(29)14-16/h10-15,19-21H,5-9H2,1-4H3,(H,30,34)(H,31,33)/t19?,20-,21?,26-,27?/m0/s1. The summed E-state index contributed by atoms with van der Waals surface area (Å²) < 4.78 is 6.56. The monoisotopic (exact) mass is 533 g/mol. The van der Waals surface area contributed by atoms with Gasteiger partial charge in [0.05, 0.1) is 27.5 Å². The minimum Gasteiger partial charge on any atom is -0.356 e. The van der Waals surface area contributed by atoms with Crippen LogP contribution >= 0.6 is 23.2 Å². The van der Waals surface area contributed by atoms with Crippen molar-refractivity contribution in [1.82, 2.24) is 10.2 Å². The second-order valence-corrected chi connectivity index (χ2v) is 12.5. The summed E-state index contributed by atoms with van der Waals surface area (Å²) in [6.07, 6.45) is 8.88. The molecule has 2 N–H and O–H groups in total. The number of fused-ring (bicyclic) bond motifs is 1. The van der Waals surface area contributed by atoms with Gasteiger partial charge in [0.25, 0.3) is 0 Å². The summed E-state index contributed by atoms with van der Waals surface area (Å²) in [6, 6.07) is 4.06. The highest BCUT2D eigenvalue weighted by molar-refractivity contribution is 6.42. The Morgan fingerprint density at radius 3 is 2.39 bits per heavy atom. The van der Waals surface area contributed by atoms with E-state index >= 15 is 0 Å². The highest BCUT2D eigenvalue weighted by Crippen LogP contribution is 2.60. The Morgan fingerprint density at radius 2 is 1.75 bits per heavy atom. The molecule has 5 rings (SSSR count). The first kappa shape index (κ1) is 25.6. The molecule has 4 aliphatic rings. The van der Waals surface area contributed by atoms with Gasteiger partial charge in [-0.15, -0.1) is 0 Å². The Balaban J connectivity index is 1.49. The molecule has 1 aromatic carbocycles. The fourth-order valence-corrected chi connectivity index (χ4v) is 6.87. The second kappa shape index (κ2) is 8.74. The van der Waals surface area contributed by atoms with Crippen molar-refractivity contribution in [3.05, 3.63) is 40.4 Å². The first-order chi connectivity index (χ1) is 16.9. The van der Waals surface area contributed by atoms with E-state index in [1.165, 1.54) is 6.42 Å². The van der Waals surface area contributed by atoms with Crippen LogP contribution in [-0.2, 0) is 19.1 Å². The Hall–Kier alpha value is -2.09. The van der Waals surface area contributed by atoms with Crippen LogP contribution in [0.2, 0.25) is 10.0 Å². The molecule has 2 bridgehead atoms. The van der Waals surface area contributed by atoms with Crippen molar-refractivity contribution < 1.29 is 19.1 Å². The fraction of sp³-hybridized carbons (Fsp3) is 0.593. The summed E-state index contributed by atoms with van der Waals surface area (Å²) in [7, 11) is 0. The van der Waals surface area contributed by atoms with E-state index in [0.29, 0.717) is 15.7 Å². The molecule has 36 heavy (non-hydrogen) atoms. The van der Waals surface area contributed by atoms with E-state index in [0.717, 1.165) is 25.7 Å². The smallest absolute Gasteiger partial charge is 0.246 e. The van der Waals surface area contributed by atoms with Crippen molar-refractivity contribution in [3.63, 3.8) is 0 Å². The minimum absolute atomic E-state index is 0.0885. The summed E-state index contributed by atoms with van der Waals surface area (Å²) in [5.41, 5.74) is -2.40. The lowest BCUT2D eigenvalue weighted by Gasteiger charge is -2.41. The van der Waals surface area contributed by atoms with Gasteiger partial charge in [0.2, 0.25) is 17.7 Å². The van der Waals surface area contributed by atoms with Gasteiger partial charge in [-0.1, -0.05) is 54.6 Å². The van der Waals surface area contributed by atoms with E-state index in [2.05, 4.69) is 10.6 Å². The van der Waals surface area contributed by atoms with Gasteiger partial charge in [-0.3, -0.25) is 14.4 Å². The molecule has 3 fully saturated rings. The lowest BCUT2D eigenvalue weighted by molar-refractivity contribution is -0.149. The number of likely N-dealkylation sites (tertiary alicyclic amines) is 1. The number of benzene rings is 1. The molecular weight excluding hydrogens is 501 g/mol. The maximum absolute atomic E-state index is 14.0. The molecule has 0 radical (unpaired) electrons. The van der Waals surface area contributed by atoms with Crippen molar-refractivity contribution in [3.8, 4) is 0 Å². The third-order valence-electron chi connectivity index (χ3n) is 8.09. The van der Waals surface area contributed by atoms with E-state index < -0.39 is 34.6 Å². The molecule has 1 saturated carbocycles. The van der Waals surface area contributed by atoms with Crippen molar-refractivity contribution in [2.75, 3.05) is 5.32 Å². The number of carbonyl (C=O) groups excluding carboxylic acids is 3. The number of hydrogen-bond donors (Lipinski definition) is 2. The third kappa shape index (κ3) is 3.95. The van der Waals surface area contributed by atoms with Crippen LogP contribution in [0.5, 0.6) is 0 Å². The number of carbonyl (C=O) groups is 3. The largest absolute Gasteiger partial charge is 0.356 e. The zero-order valence-corrected chi connectivity index (χ0v) is 22.6. The number of nitrogens with one attached hydrogen (secondary N) is 2. The number of hydrogen-bond acceptors (Lipinski definition) is 4. The van der Waals surface area contributed by atoms with E-state index in [4.69, 9.17) is 27.9 Å². The summed E-state index contributed by atoms with van der Waals surface area (Å²) in [5, 5.41) is 6.79. The van der Waals surface area contributed by atoms with Crippen molar-refractivity contribution >= 4 is 46.6 Å². The predicted octanol–water partition coefficient (Wildman–Crippen LogP) is 4.72. The molecule has 0 aromatic heterocycles. The Bertz CT molecular complexity index is 1140.